The smallest absolute Gasteiger partial charge is 0.306 e. The van der Waals surface area contributed by atoms with Gasteiger partial charge in [0.25, 0.3) is 0 Å². The lowest BCUT2D eigenvalue weighted by Gasteiger charge is -2.08. The zero-order chi connectivity index (χ0) is 12.0. The minimum atomic E-state index is -0.110. The number of ether oxygens (including phenoxy) is 1. The van der Waals surface area contributed by atoms with Gasteiger partial charge >= 0.3 is 5.97 Å². The first kappa shape index (κ1) is 13.1. The summed E-state index contributed by atoms with van der Waals surface area (Å²) in [6, 6.07) is 6.25. The third-order valence-electron chi connectivity index (χ3n) is 2.27. The monoisotopic (exact) mass is 238 g/mol. The largest absolute Gasteiger partial charge is 0.466 e. The Morgan fingerprint density at radius 3 is 2.50 bits per heavy atom. The molecule has 0 saturated carbocycles. The Balaban J connectivity index is 2.46. The van der Waals surface area contributed by atoms with E-state index < -0.39 is 0 Å². The van der Waals surface area contributed by atoms with Gasteiger partial charge in [-0.15, -0.1) is 11.8 Å². The van der Waals surface area contributed by atoms with E-state index in [1.807, 2.05) is 6.92 Å². The molecular formula is C13H18O2S. The van der Waals surface area contributed by atoms with Crippen molar-refractivity contribution in [2.75, 3.05) is 12.4 Å². The van der Waals surface area contributed by atoms with Crippen LogP contribution in [0.2, 0.25) is 0 Å². The Kier molecular flexibility index (Phi) is 5.39. The summed E-state index contributed by atoms with van der Waals surface area (Å²) in [6.45, 7) is 6.49. The Morgan fingerprint density at radius 2 is 1.94 bits per heavy atom. The zero-order valence-corrected chi connectivity index (χ0v) is 10.9. The fourth-order valence-electron chi connectivity index (χ4n) is 1.50. The molecule has 3 heteroatoms. The van der Waals surface area contributed by atoms with Gasteiger partial charge in [0, 0.05) is 10.6 Å². The second-order valence-electron chi connectivity index (χ2n) is 3.62. The normalized spacial score (nSPS) is 10.2. The SMILES string of the molecule is CCOC(=O)CCSc1c(C)cccc1C. The molecule has 0 atom stereocenters. The molecule has 0 fully saturated rings. The highest BCUT2D eigenvalue weighted by Crippen LogP contribution is 2.26. The highest BCUT2D eigenvalue weighted by Gasteiger charge is 2.05. The molecule has 0 aliphatic heterocycles. The molecule has 1 aromatic rings. The van der Waals surface area contributed by atoms with E-state index in [0.29, 0.717) is 13.0 Å². The second kappa shape index (κ2) is 6.59. The van der Waals surface area contributed by atoms with E-state index in [1.165, 1.54) is 16.0 Å². The molecule has 0 radical (unpaired) electrons. The Morgan fingerprint density at radius 1 is 1.31 bits per heavy atom. The predicted molar refractivity (Wildman–Crippen MR) is 67.9 cm³/mol. The van der Waals surface area contributed by atoms with Gasteiger partial charge in [-0.05, 0) is 31.9 Å². The number of hydrogen-bond donors (Lipinski definition) is 0. The fourth-order valence-corrected chi connectivity index (χ4v) is 2.56. The molecule has 0 aliphatic carbocycles. The van der Waals surface area contributed by atoms with E-state index in [1.54, 1.807) is 11.8 Å². The lowest BCUT2D eigenvalue weighted by molar-refractivity contribution is -0.142. The quantitative estimate of drug-likeness (QED) is 0.581. The molecule has 0 aromatic heterocycles. The van der Waals surface area contributed by atoms with E-state index in [9.17, 15) is 4.79 Å². The molecule has 0 heterocycles. The lowest BCUT2D eigenvalue weighted by Crippen LogP contribution is -2.04. The van der Waals surface area contributed by atoms with Gasteiger partial charge in [-0.2, -0.15) is 0 Å². The van der Waals surface area contributed by atoms with Gasteiger partial charge in [-0.3, -0.25) is 4.79 Å². The zero-order valence-electron chi connectivity index (χ0n) is 10.1. The highest BCUT2D eigenvalue weighted by molar-refractivity contribution is 7.99. The molecule has 2 nitrogen and oxygen atoms in total. The van der Waals surface area contributed by atoms with Crippen LogP contribution in [0, 0.1) is 13.8 Å². The molecular weight excluding hydrogens is 220 g/mol. The van der Waals surface area contributed by atoms with Crippen LogP contribution in [0.5, 0.6) is 0 Å². The maximum absolute atomic E-state index is 11.2. The van der Waals surface area contributed by atoms with Crippen LogP contribution < -0.4 is 0 Å². The van der Waals surface area contributed by atoms with E-state index in [0.717, 1.165) is 5.75 Å². The van der Waals surface area contributed by atoms with E-state index in [-0.39, 0.29) is 5.97 Å². The average molecular weight is 238 g/mol. The minimum Gasteiger partial charge on any atom is -0.466 e. The maximum Gasteiger partial charge on any atom is 0.306 e. The van der Waals surface area contributed by atoms with Crippen molar-refractivity contribution in [3.05, 3.63) is 29.3 Å². The van der Waals surface area contributed by atoms with Crippen LogP contribution in [0.4, 0.5) is 0 Å². The van der Waals surface area contributed by atoms with Crippen molar-refractivity contribution in [1.29, 1.82) is 0 Å². The van der Waals surface area contributed by atoms with Crippen molar-refractivity contribution in [1.82, 2.24) is 0 Å². The van der Waals surface area contributed by atoms with Crippen LogP contribution in [0.1, 0.15) is 24.5 Å². The van der Waals surface area contributed by atoms with Crippen molar-refractivity contribution in [2.45, 2.75) is 32.1 Å². The van der Waals surface area contributed by atoms with Gasteiger partial charge < -0.3 is 4.74 Å². The Bertz CT molecular complexity index is 341. The van der Waals surface area contributed by atoms with Crippen LogP contribution in [0.15, 0.2) is 23.1 Å². The van der Waals surface area contributed by atoms with Crippen LogP contribution >= 0.6 is 11.8 Å². The second-order valence-corrected chi connectivity index (χ2v) is 4.73. The van der Waals surface area contributed by atoms with Gasteiger partial charge in [0.1, 0.15) is 0 Å². The third kappa shape index (κ3) is 3.89. The summed E-state index contributed by atoms with van der Waals surface area (Å²) in [6.07, 6.45) is 0.478. The van der Waals surface area contributed by atoms with Gasteiger partial charge in [0.2, 0.25) is 0 Å². The average Bonchev–Trinajstić information content (AvgIpc) is 2.23. The van der Waals surface area contributed by atoms with Crippen LogP contribution in [-0.4, -0.2) is 18.3 Å². The molecule has 0 amide bonds. The number of carbonyl (C=O) groups excluding carboxylic acids is 1. The van der Waals surface area contributed by atoms with Crippen molar-refractivity contribution in [2.24, 2.45) is 0 Å². The van der Waals surface area contributed by atoms with Gasteiger partial charge in [0.05, 0.1) is 13.0 Å². The molecule has 0 unspecified atom stereocenters. The van der Waals surface area contributed by atoms with Crippen LogP contribution in [0.25, 0.3) is 0 Å². The molecule has 88 valence electrons. The molecule has 0 spiro atoms. The number of carbonyl (C=O) groups is 1. The molecule has 16 heavy (non-hydrogen) atoms. The summed E-state index contributed by atoms with van der Waals surface area (Å²) >= 11 is 1.73. The molecule has 0 aliphatic rings. The Hall–Kier alpha value is -0.960. The number of benzene rings is 1. The first-order valence-corrected chi connectivity index (χ1v) is 6.48. The summed E-state index contributed by atoms with van der Waals surface area (Å²) in [4.78, 5) is 12.5. The topological polar surface area (TPSA) is 26.3 Å². The number of hydrogen-bond acceptors (Lipinski definition) is 3. The van der Waals surface area contributed by atoms with Crippen molar-refractivity contribution < 1.29 is 9.53 Å². The van der Waals surface area contributed by atoms with Crippen molar-refractivity contribution in [3.63, 3.8) is 0 Å². The first-order chi connectivity index (χ1) is 7.65. The number of thioether (sulfide) groups is 1. The standard InChI is InChI=1S/C13H18O2S/c1-4-15-12(14)8-9-16-13-10(2)6-5-7-11(13)3/h5-7H,4,8-9H2,1-3H3. The maximum atomic E-state index is 11.2. The molecule has 1 aromatic carbocycles. The molecule has 0 bridgehead atoms. The van der Waals surface area contributed by atoms with Gasteiger partial charge in [-0.25, -0.2) is 0 Å². The third-order valence-corrected chi connectivity index (χ3v) is 3.61. The summed E-state index contributed by atoms with van der Waals surface area (Å²) < 4.78 is 4.89. The molecule has 1 rings (SSSR count). The molecule has 0 N–H and O–H groups in total. The van der Waals surface area contributed by atoms with Gasteiger partial charge in [0.15, 0.2) is 0 Å². The van der Waals surface area contributed by atoms with Gasteiger partial charge in [-0.1, -0.05) is 18.2 Å². The van der Waals surface area contributed by atoms with E-state index in [2.05, 4.69) is 32.0 Å². The number of rotatable bonds is 5. The summed E-state index contributed by atoms with van der Waals surface area (Å²) in [5, 5.41) is 0. The van der Waals surface area contributed by atoms with Crippen LogP contribution in [-0.2, 0) is 9.53 Å². The van der Waals surface area contributed by atoms with E-state index >= 15 is 0 Å². The number of esters is 1. The summed E-state index contributed by atoms with van der Waals surface area (Å²) in [5.41, 5.74) is 2.54. The van der Waals surface area contributed by atoms with Crippen molar-refractivity contribution in [3.8, 4) is 0 Å². The Labute approximate surface area is 101 Å². The fraction of sp³-hybridized carbons (Fsp3) is 0.462. The first-order valence-electron chi connectivity index (χ1n) is 5.49. The molecule has 0 saturated heterocycles. The highest BCUT2D eigenvalue weighted by atomic mass is 32.2. The minimum absolute atomic E-state index is 0.110. The summed E-state index contributed by atoms with van der Waals surface area (Å²) in [7, 11) is 0. The van der Waals surface area contributed by atoms with E-state index in [4.69, 9.17) is 4.74 Å². The lowest BCUT2D eigenvalue weighted by atomic mass is 10.2. The number of aryl methyl sites for hydroxylation is 2. The summed E-state index contributed by atoms with van der Waals surface area (Å²) in [5.74, 6) is 0.672. The predicted octanol–water partition coefficient (Wildman–Crippen LogP) is 3.35. The van der Waals surface area contributed by atoms with Crippen molar-refractivity contribution >= 4 is 17.7 Å². The van der Waals surface area contributed by atoms with Crippen LogP contribution in [0.3, 0.4) is 0 Å².